The Hall–Kier alpha value is -0.793. The SMILES string of the molecule is CCOC(=O)[C@@H](C)CC#CCO[Si](C)(C)C(C)(C)C. The zero-order chi connectivity index (χ0) is 15.1. The third-order valence-electron chi connectivity index (χ3n) is 3.53. The smallest absolute Gasteiger partial charge is 0.309 e. The van der Waals surface area contributed by atoms with E-state index >= 15 is 0 Å². The maximum atomic E-state index is 11.4. The van der Waals surface area contributed by atoms with Crippen LogP contribution in [0.15, 0.2) is 0 Å². The molecule has 110 valence electrons. The first-order valence-electron chi connectivity index (χ1n) is 6.88. The Bertz CT molecular complexity index is 345. The highest BCUT2D eigenvalue weighted by Crippen LogP contribution is 2.36. The van der Waals surface area contributed by atoms with Crippen LogP contribution in [-0.2, 0) is 14.0 Å². The Morgan fingerprint density at radius 1 is 1.26 bits per heavy atom. The van der Waals surface area contributed by atoms with Crippen LogP contribution in [0, 0.1) is 17.8 Å². The van der Waals surface area contributed by atoms with Gasteiger partial charge in [-0.05, 0) is 25.1 Å². The number of carbonyl (C=O) groups is 1. The zero-order valence-corrected chi connectivity index (χ0v) is 14.4. The van der Waals surface area contributed by atoms with Gasteiger partial charge in [0.05, 0.1) is 19.1 Å². The van der Waals surface area contributed by atoms with Crippen LogP contribution in [0.2, 0.25) is 18.1 Å². The van der Waals surface area contributed by atoms with Crippen LogP contribution in [-0.4, -0.2) is 27.5 Å². The highest BCUT2D eigenvalue weighted by atomic mass is 28.4. The van der Waals surface area contributed by atoms with Crippen LogP contribution in [0.5, 0.6) is 0 Å². The molecule has 0 bridgehead atoms. The Morgan fingerprint density at radius 3 is 2.32 bits per heavy atom. The predicted molar refractivity (Wildman–Crippen MR) is 81.3 cm³/mol. The summed E-state index contributed by atoms with van der Waals surface area (Å²) in [6.45, 7) is 15.5. The first-order chi connectivity index (χ1) is 8.62. The lowest BCUT2D eigenvalue weighted by molar-refractivity contribution is -0.147. The van der Waals surface area contributed by atoms with E-state index in [2.05, 4.69) is 45.7 Å². The van der Waals surface area contributed by atoms with Crippen LogP contribution in [0.25, 0.3) is 0 Å². The number of esters is 1. The van der Waals surface area contributed by atoms with Crippen molar-refractivity contribution in [3.05, 3.63) is 0 Å². The van der Waals surface area contributed by atoms with E-state index in [-0.39, 0.29) is 16.9 Å². The lowest BCUT2D eigenvalue weighted by atomic mass is 10.1. The maximum absolute atomic E-state index is 11.4. The van der Waals surface area contributed by atoms with Crippen molar-refractivity contribution in [3.63, 3.8) is 0 Å². The van der Waals surface area contributed by atoms with Crippen molar-refractivity contribution in [1.29, 1.82) is 0 Å². The Labute approximate surface area is 119 Å². The van der Waals surface area contributed by atoms with Gasteiger partial charge in [-0.25, -0.2) is 0 Å². The lowest BCUT2D eigenvalue weighted by Crippen LogP contribution is -2.40. The second kappa shape index (κ2) is 7.71. The van der Waals surface area contributed by atoms with E-state index in [9.17, 15) is 4.79 Å². The van der Waals surface area contributed by atoms with Gasteiger partial charge in [-0.15, -0.1) is 5.92 Å². The van der Waals surface area contributed by atoms with Crippen LogP contribution in [0.1, 0.15) is 41.0 Å². The molecule has 0 fully saturated rings. The largest absolute Gasteiger partial charge is 0.466 e. The van der Waals surface area contributed by atoms with E-state index in [1.807, 2.05) is 13.8 Å². The molecule has 0 aliphatic heterocycles. The van der Waals surface area contributed by atoms with Gasteiger partial charge in [0, 0.05) is 6.42 Å². The quantitative estimate of drug-likeness (QED) is 0.439. The fourth-order valence-electron chi connectivity index (χ4n) is 1.08. The number of hydrogen-bond donors (Lipinski definition) is 0. The van der Waals surface area contributed by atoms with E-state index in [1.165, 1.54) is 0 Å². The van der Waals surface area contributed by atoms with Gasteiger partial charge < -0.3 is 9.16 Å². The minimum atomic E-state index is -1.71. The molecule has 0 spiro atoms. The summed E-state index contributed by atoms with van der Waals surface area (Å²) in [6, 6.07) is 0. The summed E-state index contributed by atoms with van der Waals surface area (Å²) in [5.41, 5.74) is 0. The minimum Gasteiger partial charge on any atom is -0.466 e. The monoisotopic (exact) mass is 284 g/mol. The first kappa shape index (κ1) is 18.2. The topological polar surface area (TPSA) is 35.5 Å². The molecule has 1 atom stereocenters. The average molecular weight is 284 g/mol. The van der Waals surface area contributed by atoms with Crippen LogP contribution >= 0.6 is 0 Å². The van der Waals surface area contributed by atoms with E-state index < -0.39 is 8.32 Å². The summed E-state index contributed by atoms with van der Waals surface area (Å²) in [5, 5.41) is 0.201. The molecule has 3 nitrogen and oxygen atoms in total. The van der Waals surface area contributed by atoms with Crippen molar-refractivity contribution in [2.45, 2.75) is 59.2 Å². The number of ether oxygens (including phenoxy) is 1. The molecular weight excluding hydrogens is 256 g/mol. The van der Waals surface area contributed by atoms with E-state index in [4.69, 9.17) is 9.16 Å². The summed E-state index contributed by atoms with van der Waals surface area (Å²) in [5.74, 6) is 5.65. The summed E-state index contributed by atoms with van der Waals surface area (Å²) >= 11 is 0. The van der Waals surface area contributed by atoms with E-state index in [0.29, 0.717) is 19.6 Å². The molecule has 19 heavy (non-hydrogen) atoms. The summed E-state index contributed by atoms with van der Waals surface area (Å²) in [4.78, 5) is 11.4. The molecule has 0 aromatic heterocycles. The Kier molecular flexibility index (Phi) is 7.39. The van der Waals surface area contributed by atoms with Gasteiger partial charge in [-0.3, -0.25) is 4.79 Å². The van der Waals surface area contributed by atoms with Crippen LogP contribution in [0.4, 0.5) is 0 Å². The van der Waals surface area contributed by atoms with Gasteiger partial charge in [-0.1, -0.05) is 33.6 Å². The summed E-state index contributed by atoms with van der Waals surface area (Å²) in [7, 11) is -1.71. The Balaban J connectivity index is 4.11. The van der Waals surface area contributed by atoms with E-state index in [0.717, 1.165) is 0 Å². The van der Waals surface area contributed by atoms with Crippen molar-refractivity contribution in [1.82, 2.24) is 0 Å². The predicted octanol–water partition coefficient (Wildman–Crippen LogP) is 3.60. The van der Waals surface area contributed by atoms with Crippen LogP contribution in [0.3, 0.4) is 0 Å². The van der Waals surface area contributed by atoms with Gasteiger partial charge in [0.1, 0.15) is 0 Å². The standard InChI is InChI=1S/C15H28O3Si/c1-8-17-14(16)13(2)11-9-10-12-18-19(6,7)15(3,4)5/h13H,8,11-12H2,1-7H3/t13-/m0/s1. The van der Waals surface area contributed by atoms with Crippen LogP contribution < -0.4 is 0 Å². The number of rotatable bonds is 5. The van der Waals surface area contributed by atoms with Crippen molar-refractivity contribution in [2.24, 2.45) is 5.92 Å². The molecule has 0 rings (SSSR count). The summed E-state index contributed by atoms with van der Waals surface area (Å²) < 4.78 is 10.9. The molecule has 0 aliphatic rings. The van der Waals surface area contributed by atoms with E-state index in [1.54, 1.807) is 0 Å². The molecule has 0 unspecified atom stereocenters. The average Bonchev–Trinajstić information content (AvgIpc) is 2.26. The molecule has 0 radical (unpaired) electrons. The zero-order valence-electron chi connectivity index (χ0n) is 13.4. The lowest BCUT2D eigenvalue weighted by Gasteiger charge is -2.35. The first-order valence-corrected chi connectivity index (χ1v) is 9.79. The number of hydrogen-bond acceptors (Lipinski definition) is 3. The van der Waals surface area contributed by atoms with Gasteiger partial charge >= 0.3 is 5.97 Å². The van der Waals surface area contributed by atoms with Crippen molar-refractivity contribution in [2.75, 3.05) is 13.2 Å². The molecule has 0 N–H and O–H groups in total. The molecule has 0 saturated heterocycles. The molecule has 0 aliphatic carbocycles. The second-order valence-corrected chi connectivity index (χ2v) is 11.1. The normalized spacial score (nSPS) is 13.4. The van der Waals surface area contributed by atoms with Gasteiger partial charge in [0.15, 0.2) is 8.32 Å². The second-order valence-electron chi connectivity index (χ2n) is 6.26. The third-order valence-corrected chi connectivity index (χ3v) is 8.01. The Morgan fingerprint density at radius 2 is 1.84 bits per heavy atom. The van der Waals surface area contributed by atoms with Crippen molar-refractivity contribution >= 4 is 14.3 Å². The number of carbonyl (C=O) groups excluding carboxylic acids is 1. The molecule has 0 aromatic carbocycles. The summed E-state index contributed by atoms with van der Waals surface area (Å²) in [6.07, 6.45) is 0.527. The molecular formula is C15H28O3Si. The highest BCUT2D eigenvalue weighted by Gasteiger charge is 2.36. The molecule has 0 amide bonds. The van der Waals surface area contributed by atoms with Crippen molar-refractivity contribution < 1.29 is 14.0 Å². The van der Waals surface area contributed by atoms with Gasteiger partial charge in [-0.2, -0.15) is 0 Å². The fraction of sp³-hybridized carbons (Fsp3) is 0.800. The minimum absolute atomic E-state index is 0.166. The van der Waals surface area contributed by atoms with Gasteiger partial charge in [0.2, 0.25) is 0 Å². The molecule has 0 heterocycles. The fourth-order valence-corrected chi connectivity index (χ4v) is 1.94. The molecule has 0 aromatic rings. The maximum Gasteiger partial charge on any atom is 0.309 e. The molecule has 0 saturated carbocycles. The highest BCUT2D eigenvalue weighted by molar-refractivity contribution is 6.74. The van der Waals surface area contributed by atoms with Crippen molar-refractivity contribution in [3.8, 4) is 11.8 Å². The molecule has 4 heteroatoms. The third kappa shape index (κ3) is 6.79. The van der Waals surface area contributed by atoms with Gasteiger partial charge in [0.25, 0.3) is 0 Å².